The summed E-state index contributed by atoms with van der Waals surface area (Å²) in [7, 11) is 0. The van der Waals surface area contributed by atoms with E-state index in [4.69, 9.17) is 22.7 Å². The zero-order valence-corrected chi connectivity index (χ0v) is 11.8. The first-order chi connectivity index (χ1) is 9.66. The predicted octanol–water partition coefficient (Wildman–Crippen LogP) is 1.95. The van der Waals surface area contributed by atoms with Gasteiger partial charge in [0, 0.05) is 31.1 Å². The lowest BCUT2D eigenvalue weighted by molar-refractivity contribution is 0.301. The third-order valence-electron chi connectivity index (χ3n) is 2.83. The topological polar surface area (TPSA) is 57.2 Å². The number of rotatable bonds is 6. The summed E-state index contributed by atoms with van der Waals surface area (Å²) in [4.78, 5) is 11.3. The van der Waals surface area contributed by atoms with Gasteiger partial charge in [-0.1, -0.05) is 24.4 Å². The molecule has 1 aromatic heterocycles. The minimum absolute atomic E-state index is 0.0166. The minimum Gasteiger partial charge on any atom is -0.493 e. The Labute approximate surface area is 122 Å². The number of nitrogens with two attached hydrogens (primary N) is 1. The molecule has 20 heavy (non-hydrogen) atoms. The largest absolute Gasteiger partial charge is 0.493 e. The zero-order chi connectivity index (χ0) is 14.4. The van der Waals surface area contributed by atoms with Crippen LogP contribution in [0.5, 0.6) is 5.75 Å². The molecule has 104 valence electrons. The molecule has 1 aromatic carbocycles. The second-order valence-electron chi connectivity index (χ2n) is 4.33. The van der Waals surface area contributed by atoms with E-state index in [1.807, 2.05) is 28.8 Å². The number of hydrogen-bond donors (Lipinski definition) is 1. The van der Waals surface area contributed by atoms with Gasteiger partial charge in [-0.3, -0.25) is 4.79 Å². The Bertz CT molecular complexity index is 632. The molecule has 0 fully saturated rings. The van der Waals surface area contributed by atoms with Crippen LogP contribution in [-0.2, 0) is 6.54 Å². The summed E-state index contributed by atoms with van der Waals surface area (Å²) in [5.41, 5.74) is 6.41. The minimum atomic E-state index is 0.0166. The van der Waals surface area contributed by atoms with E-state index in [1.165, 1.54) is 0 Å². The highest BCUT2D eigenvalue weighted by molar-refractivity contribution is 7.80. The first kappa shape index (κ1) is 14.3. The molecule has 0 unspecified atom stereocenters. The SMILES string of the molecule is NC(=S)c1ccccc1OCCCn1ccc(=O)cc1. The van der Waals surface area contributed by atoms with Gasteiger partial charge in [0.25, 0.3) is 0 Å². The molecule has 2 N–H and O–H groups in total. The number of pyridine rings is 1. The van der Waals surface area contributed by atoms with Crippen molar-refractivity contribution in [2.24, 2.45) is 5.73 Å². The van der Waals surface area contributed by atoms with Crippen molar-refractivity contribution in [3.05, 3.63) is 64.6 Å². The summed E-state index contributed by atoms with van der Waals surface area (Å²) in [6.45, 7) is 1.35. The highest BCUT2D eigenvalue weighted by Gasteiger charge is 2.04. The molecule has 0 saturated heterocycles. The van der Waals surface area contributed by atoms with E-state index in [1.54, 1.807) is 24.5 Å². The number of aromatic nitrogens is 1. The summed E-state index contributed by atoms with van der Waals surface area (Å²) < 4.78 is 7.65. The lowest BCUT2D eigenvalue weighted by Crippen LogP contribution is -2.12. The van der Waals surface area contributed by atoms with Gasteiger partial charge in [0.2, 0.25) is 0 Å². The molecule has 2 aromatic rings. The number of ether oxygens (including phenoxy) is 1. The van der Waals surface area contributed by atoms with E-state index >= 15 is 0 Å². The number of para-hydroxylation sites is 1. The highest BCUT2D eigenvalue weighted by atomic mass is 32.1. The third-order valence-corrected chi connectivity index (χ3v) is 3.05. The van der Waals surface area contributed by atoms with Crippen LogP contribution in [0.15, 0.2) is 53.6 Å². The predicted molar refractivity (Wildman–Crippen MR) is 83.1 cm³/mol. The third kappa shape index (κ3) is 3.93. The number of aryl methyl sites for hydroxylation is 1. The Kier molecular flexibility index (Phi) is 4.90. The van der Waals surface area contributed by atoms with Crippen LogP contribution in [0.2, 0.25) is 0 Å². The van der Waals surface area contributed by atoms with Gasteiger partial charge >= 0.3 is 0 Å². The molecule has 0 saturated carbocycles. The molecule has 4 nitrogen and oxygen atoms in total. The van der Waals surface area contributed by atoms with Gasteiger partial charge in [0.1, 0.15) is 10.7 Å². The standard InChI is InChI=1S/C15H16N2O2S/c16-15(20)13-4-1-2-5-14(13)19-11-3-8-17-9-6-12(18)7-10-17/h1-2,4-7,9-10H,3,8,11H2,(H2,16,20). The lowest BCUT2D eigenvalue weighted by Gasteiger charge is -2.11. The molecule has 0 atom stereocenters. The van der Waals surface area contributed by atoms with Gasteiger partial charge in [-0.25, -0.2) is 0 Å². The molecule has 0 aliphatic carbocycles. The average molecular weight is 288 g/mol. The van der Waals surface area contributed by atoms with Gasteiger partial charge in [0.05, 0.1) is 12.2 Å². The van der Waals surface area contributed by atoms with Crippen LogP contribution in [0.3, 0.4) is 0 Å². The number of benzene rings is 1. The van der Waals surface area contributed by atoms with Gasteiger partial charge in [-0.15, -0.1) is 0 Å². The summed E-state index contributed by atoms with van der Waals surface area (Å²) in [6.07, 6.45) is 4.37. The maximum absolute atomic E-state index is 11.0. The van der Waals surface area contributed by atoms with Crippen LogP contribution in [0.4, 0.5) is 0 Å². The molecule has 0 aliphatic rings. The first-order valence-corrected chi connectivity index (χ1v) is 6.75. The maximum Gasteiger partial charge on any atom is 0.181 e. The van der Waals surface area contributed by atoms with Crippen molar-refractivity contribution in [2.75, 3.05) is 6.61 Å². The molecule has 0 bridgehead atoms. The fourth-order valence-electron chi connectivity index (χ4n) is 1.82. The van der Waals surface area contributed by atoms with E-state index in [9.17, 15) is 4.79 Å². The number of hydrogen-bond acceptors (Lipinski definition) is 3. The van der Waals surface area contributed by atoms with Crippen molar-refractivity contribution in [2.45, 2.75) is 13.0 Å². The van der Waals surface area contributed by atoms with Crippen LogP contribution >= 0.6 is 12.2 Å². The molecule has 0 spiro atoms. The summed E-state index contributed by atoms with van der Waals surface area (Å²) in [5, 5.41) is 0. The van der Waals surface area contributed by atoms with E-state index in [0.29, 0.717) is 17.3 Å². The molecular weight excluding hydrogens is 272 g/mol. The van der Waals surface area contributed by atoms with Crippen LogP contribution in [0.1, 0.15) is 12.0 Å². The van der Waals surface area contributed by atoms with Gasteiger partial charge in [-0.05, 0) is 18.6 Å². The normalized spacial score (nSPS) is 10.2. The van der Waals surface area contributed by atoms with Crippen LogP contribution in [0, 0.1) is 0 Å². The molecule has 0 aliphatic heterocycles. The number of nitrogens with zero attached hydrogens (tertiary/aromatic N) is 1. The molecule has 0 radical (unpaired) electrons. The van der Waals surface area contributed by atoms with E-state index < -0.39 is 0 Å². The second kappa shape index (κ2) is 6.86. The molecule has 0 amide bonds. The van der Waals surface area contributed by atoms with E-state index in [-0.39, 0.29) is 5.43 Å². The Hall–Kier alpha value is -2.14. The van der Waals surface area contributed by atoms with Crippen molar-refractivity contribution in [3.63, 3.8) is 0 Å². The van der Waals surface area contributed by atoms with Crippen LogP contribution in [-0.4, -0.2) is 16.2 Å². The highest BCUT2D eigenvalue weighted by Crippen LogP contribution is 2.17. The second-order valence-corrected chi connectivity index (χ2v) is 4.77. The molecule has 2 rings (SSSR count). The number of thiocarbonyl (C=S) groups is 1. The molecular formula is C15H16N2O2S. The van der Waals surface area contributed by atoms with Gasteiger partial charge in [0.15, 0.2) is 5.43 Å². The van der Waals surface area contributed by atoms with Gasteiger partial charge < -0.3 is 15.0 Å². The van der Waals surface area contributed by atoms with E-state index in [2.05, 4.69) is 0 Å². The monoisotopic (exact) mass is 288 g/mol. The zero-order valence-electron chi connectivity index (χ0n) is 11.0. The fourth-order valence-corrected chi connectivity index (χ4v) is 1.99. The van der Waals surface area contributed by atoms with Gasteiger partial charge in [-0.2, -0.15) is 0 Å². The van der Waals surface area contributed by atoms with Crippen LogP contribution < -0.4 is 15.9 Å². The van der Waals surface area contributed by atoms with Crippen molar-refractivity contribution in [1.29, 1.82) is 0 Å². The Morgan fingerprint density at radius 3 is 2.60 bits per heavy atom. The quantitative estimate of drug-likeness (QED) is 0.652. The average Bonchev–Trinajstić information content (AvgIpc) is 2.46. The van der Waals surface area contributed by atoms with Crippen LogP contribution in [0.25, 0.3) is 0 Å². The molecule has 1 heterocycles. The maximum atomic E-state index is 11.0. The lowest BCUT2D eigenvalue weighted by atomic mass is 10.2. The molecule has 5 heteroatoms. The Balaban J connectivity index is 1.86. The summed E-state index contributed by atoms with van der Waals surface area (Å²) in [5.74, 6) is 0.708. The first-order valence-electron chi connectivity index (χ1n) is 6.34. The van der Waals surface area contributed by atoms with Crippen molar-refractivity contribution >= 4 is 17.2 Å². The van der Waals surface area contributed by atoms with Crippen molar-refractivity contribution < 1.29 is 4.74 Å². The Morgan fingerprint density at radius 2 is 1.90 bits per heavy atom. The smallest absolute Gasteiger partial charge is 0.181 e. The van der Waals surface area contributed by atoms with E-state index in [0.717, 1.165) is 18.5 Å². The fraction of sp³-hybridized carbons (Fsp3) is 0.200. The van der Waals surface area contributed by atoms with Crippen molar-refractivity contribution in [3.8, 4) is 5.75 Å². The summed E-state index contributed by atoms with van der Waals surface area (Å²) in [6, 6.07) is 10.6. The Morgan fingerprint density at radius 1 is 1.20 bits per heavy atom. The summed E-state index contributed by atoms with van der Waals surface area (Å²) >= 11 is 4.98. The van der Waals surface area contributed by atoms with Crippen molar-refractivity contribution in [1.82, 2.24) is 4.57 Å².